The van der Waals surface area contributed by atoms with Crippen LogP contribution in [0, 0.1) is 5.92 Å². The molecule has 1 saturated carbocycles. The number of piperidine rings is 1. The number of carbonyl (C=O) groups excluding carboxylic acids is 1. The van der Waals surface area contributed by atoms with Crippen LogP contribution in [0.5, 0.6) is 5.75 Å². The topological polar surface area (TPSA) is 50.4 Å². The first-order valence-electron chi connectivity index (χ1n) is 10.0. The van der Waals surface area contributed by atoms with E-state index in [1.165, 1.54) is 25.7 Å². The van der Waals surface area contributed by atoms with Crippen LogP contribution in [-0.4, -0.2) is 24.1 Å². The first-order chi connectivity index (χ1) is 12.3. The number of carbonyl (C=O) groups is 1. The molecule has 3 aliphatic rings. The fourth-order valence-corrected chi connectivity index (χ4v) is 4.82. The van der Waals surface area contributed by atoms with Gasteiger partial charge in [0.2, 0.25) is 5.91 Å². The fourth-order valence-electron chi connectivity index (χ4n) is 4.82. The number of fused-ring (bicyclic) bond motifs is 2. The molecular weight excluding hydrogens is 348 g/mol. The average Bonchev–Trinajstić information content (AvgIpc) is 3.24. The first kappa shape index (κ1) is 19.5. The zero-order chi connectivity index (χ0) is 17.1. The van der Waals surface area contributed by atoms with E-state index in [9.17, 15) is 4.79 Å². The summed E-state index contributed by atoms with van der Waals surface area (Å²) < 4.78 is 6.17. The molecule has 2 saturated heterocycles. The van der Waals surface area contributed by atoms with Gasteiger partial charge in [0.05, 0.1) is 6.10 Å². The summed E-state index contributed by atoms with van der Waals surface area (Å²) in [5.74, 6) is 1.67. The van der Waals surface area contributed by atoms with Crippen molar-refractivity contribution in [1.29, 1.82) is 0 Å². The second kappa shape index (κ2) is 9.09. The Morgan fingerprint density at radius 2 is 1.77 bits per heavy atom. The quantitative estimate of drug-likeness (QED) is 0.787. The maximum absolute atomic E-state index is 12.4. The number of amides is 1. The second-order valence-corrected chi connectivity index (χ2v) is 8.09. The van der Waals surface area contributed by atoms with E-state index in [0.717, 1.165) is 37.0 Å². The Kier molecular flexibility index (Phi) is 6.82. The Hall–Kier alpha value is -1.26. The third-order valence-corrected chi connectivity index (χ3v) is 6.09. The van der Waals surface area contributed by atoms with Crippen LogP contribution >= 0.6 is 12.4 Å². The van der Waals surface area contributed by atoms with E-state index >= 15 is 0 Å². The standard InChI is InChI=1S/C21H30N2O2.ClH/c24-21(13-15-11-17-9-10-18(12-15)23-17)22-14-16-5-1-4-8-20(16)25-19-6-2-3-7-19;/h1,4-5,8,15,17-19,23H,2-3,6-7,9-14H2,(H,22,24);1H. The molecule has 2 heterocycles. The van der Waals surface area contributed by atoms with Gasteiger partial charge in [0.1, 0.15) is 5.75 Å². The molecule has 3 fully saturated rings. The summed E-state index contributed by atoms with van der Waals surface area (Å²) in [5.41, 5.74) is 1.09. The van der Waals surface area contributed by atoms with Crippen molar-refractivity contribution in [2.45, 2.75) is 82.5 Å². The molecule has 144 valence electrons. The number of halogens is 1. The van der Waals surface area contributed by atoms with Crippen LogP contribution < -0.4 is 15.4 Å². The second-order valence-electron chi connectivity index (χ2n) is 8.09. The Balaban J connectivity index is 0.00000196. The monoisotopic (exact) mass is 378 g/mol. The van der Waals surface area contributed by atoms with E-state index in [1.807, 2.05) is 18.2 Å². The highest BCUT2D eigenvalue weighted by atomic mass is 35.5. The van der Waals surface area contributed by atoms with Crippen LogP contribution in [0.3, 0.4) is 0 Å². The third-order valence-electron chi connectivity index (χ3n) is 6.09. The summed E-state index contributed by atoms with van der Waals surface area (Å²) in [4.78, 5) is 12.4. The number of nitrogens with one attached hydrogen (secondary N) is 2. The van der Waals surface area contributed by atoms with Crippen LogP contribution in [0.2, 0.25) is 0 Å². The highest BCUT2D eigenvalue weighted by Gasteiger charge is 2.34. The van der Waals surface area contributed by atoms with Gasteiger partial charge in [-0.2, -0.15) is 0 Å². The molecule has 1 aromatic rings. The number of benzene rings is 1. The SMILES string of the molecule is Cl.O=C(CC1CC2CCC(C1)N2)NCc1ccccc1OC1CCCC1. The summed E-state index contributed by atoms with van der Waals surface area (Å²) in [6.07, 6.45) is 10.7. The fraction of sp³-hybridized carbons (Fsp3) is 0.667. The van der Waals surface area contributed by atoms with Crippen molar-refractivity contribution in [2.24, 2.45) is 5.92 Å². The van der Waals surface area contributed by atoms with Gasteiger partial charge in [-0.15, -0.1) is 12.4 Å². The van der Waals surface area contributed by atoms with Crippen LogP contribution in [-0.2, 0) is 11.3 Å². The Bertz CT molecular complexity index is 591. The summed E-state index contributed by atoms with van der Waals surface area (Å²) in [6.45, 7) is 0.569. The van der Waals surface area contributed by atoms with E-state index in [0.29, 0.717) is 37.1 Å². The lowest BCUT2D eigenvalue weighted by Gasteiger charge is -2.28. The van der Waals surface area contributed by atoms with E-state index in [1.54, 1.807) is 0 Å². The molecule has 1 aromatic carbocycles. The maximum atomic E-state index is 12.4. The van der Waals surface area contributed by atoms with Gasteiger partial charge in [0.25, 0.3) is 0 Å². The van der Waals surface area contributed by atoms with Crippen molar-refractivity contribution in [3.05, 3.63) is 29.8 Å². The molecule has 2 unspecified atom stereocenters. The van der Waals surface area contributed by atoms with E-state index < -0.39 is 0 Å². The van der Waals surface area contributed by atoms with Crippen LogP contribution in [0.25, 0.3) is 0 Å². The number of ether oxygens (including phenoxy) is 1. The van der Waals surface area contributed by atoms with Crippen LogP contribution in [0.1, 0.15) is 63.4 Å². The molecule has 2 atom stereocenters. The summed E-state index contributed by atoms with van der Waals surface area (Å²) in [5, 5.41) is 6.77. The summed E-state index contributed by atoms with van der Waals surface area (Å²) in [7, 11) is 0. The molecule has 0 aromatic heterocycles. The minimum Gasteiger partial charge on any atom is -0.490 e. The third kappa shape index (κ3) is 4.92. The van der Waals surface area contributed by atoms with Gasteiger partial charge in [0, 0.05) is 30.6 Å². The molecule has 5 heteroatoms. The number of para-hydroxylation sites is 1. The van der Waals surface area contributed by atoms with E-state index in [4.69, 9.17) is 4.74 Å². The normalized spacial score (nSPS) is 27.8. The smallest absolute Gasteiger partial charge is 0.220 e. The highest BCUT2D eigenvalue weighted by molar-refractivity contribution is 5.85. The molecule has 0 spiro atoms. The van der Waals surface area contributed by atoms with Gasteiger partial charge in [-0.25, -0.2) is 0 Å². The molecule has 2 bridgehead atoms. The van der Waals surface area contributed by atoms with Crippen molar-refractivity contribution in [2.75, 3.05) is 0 Å². The molecule has 2 aliphatic heterocycles. The lowest BCUT2D eigenvalue weighted by atomic mass is 9.89. The van der Waals surface area contributed by atoms with Gasteiger partial charge in [-0.3, -0.25) is 4.79 Å². The predicted octanol–water partition coefficient (Wildman–Crippen LogP) is 3.97. The molecule has 4 nitrogen and oxygen atoms in total. The van der Waals surface area contributed by atoms with Crippen molar-refractivity contribution in [1.82, 2.24) is 10.6 Å². The van der Waals surface area contributed by atoms with Crippen molar-refractivity contribution >= 4 is 18.3 Å². The summed E-state index contributed by atoms with van der Waals surface area (Å²) in [6, 6.07) is 9.43. The maximum Gasteiger partial charge on any atom is 0.220 e. The first-order valence-corrected chi connectivity index (χ1v) is 10.0. The highest BCUT2D eigenvalue weighted by Crippen LogP contribution is 2.32. The molecule has 2 N–H and O–H groups in total. The van der Waals surface area contributed by atoms with Crippen molar-refractivity contribution < 1.29 is 9.53 Å². The minimum absolute atomic E-state index is 0. The van der Waals surface area contributed by atoms with Gasteiger partial charge >= 0.3 is 0 Å². The Labute approximate surface area is 162 Å². The van der Waals surface area contributed by atoms with Gasteiger partial charge in [-0.05, 0) is 63.4 Å². The van der Waals surface area contributed by atoms with Gasteiger partial charge in [-0.1, -0.05) is 18.2 Å². The number of rotatable bonds is 6. The lowest BCUT2D eigenvalue weighted by molar-refractivity contribution is -0.122. The van der Waals surface area contributed by atoms with Crippen molar-refractivity contribution in [3.63, 3.8) is 0 Å². The lowest BCUT2D eigenvalue weighted by Crippen LogP contribution is -2.39. The van der Waals surface area contributed by atoms with Crippen LogP contribution in [0.15, 0.2) is 24.3 Å². The Morgan fingerprint density at radius 3 is 2.50 bits per heavy atom. The predicted molar refractivity (Wildman–Crippen MR) is 106 cm³/mol. The van der Waals surface area contributed by atoms with E-state index in [-0.39, 0.29) is 18.3 Å². The summed E-state index contributed by atoms with van der Waals surface area (Å²) >= 11 is 0. The van der Waals surface area contributed by atoms with Crippen molar-refractivity contribution in [3.8, 4) is 5.75 Å². The van der Waals surface area contributed by atoms with Gasteiger partial charge in [0.15, 0.2) is 0 Å². The Morgan fingerprint density at radius 1 is 1.08 bits per heavy atom. The number of hydrogen-bond acceptors (Lipinski definition) is 3. The molecule has 4 rings (SSSR count). The largest absolute Gasteiger partial charge is 0.490 e. The van der Waals surface area contributed by atoms with E-state index in [2.05, 4.69) is 16.7 Å². The van der Waals surface area contributed by atoms with Gasteiger partial charge < -0.3 is 15.4 Å². The zero-order valence-electron chi connectivity index (χ0n) is 15.4. The number of hydrogen-bond donors (Lipinski definition) is 2. The molecular formula is C21H31ClN2O2. The molecule has 0 radical (unpaired) electrons. The van der Waals surface area contributed by atoms with Crippen LogP contribution in [0.4, 0.5) is 0 Å². The molecule has 26 heavy (non-hydrogen) atoms. The molecule has 1 aliphatic carbocycles. The minimum atomic E-state index is 0. The zero-order valence-corrected chi connectivity index (χ0v) is 16.2. The molecule has 1 amide bonds. The average molecular weight is 379 g/mol.